The molecule has 0 N–H and O–H groups in total. The van der Waals surface area contributed by atoms with Crippen LogP contribution in [-0.2, 0) is 9.53 Å². The number of aromatic nitrogens is 3. The molecule has 6 nitrogen and oxygen atoms in total. The van der Waals surface area contributed by atoms with Crippen LogP contribution in [0.1, 0.15) is 19.8 Å². The van der Waals surface area contributed by atoms with Gasteiger partial charge >= 0.3 is 5.97 Å². The predicted molar refractivity (Wildman–Crippen MR) is 128 cm³/mol. The highest BCUT2D eigenvalue weighted by Crippen LogP contribution is 2.38. The van der Waals surface area contributed by atoms with Crippen molar-refractivity contribution in [1.82, 2.24) is 15.0 Å². The minimum atomic E-state index is -0.140. The lowest BCUT2D eigenvalue weighted by Gasteiger charge is -2.32. The van der Waals surface area contributed by atoms with E-state index in [0.717, 1.165) is 51.6 Å². The minimum Gasteiger partial charge on any atom is -0.466 e. The van der Waals surface area contributed by atoms with Gasteiger partial charge in [-0.1, -0.05) is 36.4 Å². The van der Waals surface area contributed by atoms with Gasteiger partial charge in [-0.2, -0.15) is 0 Å². The second-order valence-corrected chi connectivity index (χ2v) is 8.85. The van der Waals surface area contributed by atoms with Crippen molar-refractivity contribution in [2.45, 2.75) is 19.8 Å². The normalized spacial score (nSPS) is 16.3. The Bertz CT molecular complexity index is 1230. The van der Waals surface area contributed by atoms with Crippen LogP contribution in [0.4, 0.5) is 5.82 Å². The highest BCUT2D eigenvalue weighted by molar-refractivity contribution is 7.22. The van der Waals surface area contributed by atoms with Crippen molar-refractivity contribution in [3.63, 3.8) is 0 Å². The van der Waals surface area contributed by atoms with Crippen molar-refractivity contribution in [1.29, 1.82) is 0 Å². The Morgan fingerprint density at radius 2 is 2.00 bits per heavy atom. The molecule has 1 unspecified atom stereocenters. The van der Waals surface area contributed by atoms with Crippen LogP contribution in [0.15, 0.2) is 60.8 Å². The fourth-order valence-corrected chi connectivity index (χ4v) is 5.16. The van der Waals surface area contributed by atoms with E-state index in [4.69, 9.17) is 14.7 Å². The molecule has 0 spiro atoms. The number of rotatable bonds is 5. The lowest BCUT2D eigenvalue weighted by atomic mass is 9.98. The first-order chi connectivity index (χ1) is 15.7. The Hall–Kier alpha value is -3.32. The molecule has 7 heteroatoms. The third-order valence-electron chi connectivity index (χ3n) is 5.67. The zero-order chi connectivity index (χ0) is 21.9. The molecule has 1 aliphatic heterocycles. The minimum absolute atomic E-state index is 0.122. The van der Waals surface area contributed by atoms with E-state index in [9.17, 15) is 4.79 Å². The standard InChI is InChI=1S/C25H24N4O2S/c1-2-31-25(30)18-11-8-14-29(16-18)23-19-15-21(17-9-4-3-5-10-17)32-24(19)28-22(27-23)20-12-6-7-13-26-20/h3-7,9-10,12-13,15,18H,2,8,11,14,16H2,1H3. The van der Waals surface area contributed by atoms with Crippen molar-refractivity contribution in [3.05, 3.63) is 60.8 Å². The molecule has 4 aromatic rings. The molecule has 0 radical (unpaired) electrons. The van der Waals surface area contributed by atoms with Gasteiger partial charge < -0.3 is 9.64 Å². The molecule has 1 atom stereocenters. The third-order valence-corrected chi connectivity index (χ3v) is 6.74. The molecule has 0 amide bonds. The average Bonchev–Trinajstić information content (AvgIpc) is 3.29. The number of carbonyl (C=O) groups is 1. The number of fused-ring (bicyclic) bond motifs is 1. The number of hydrogen-bond acceptors (Lipinski definition) is 7. The second-order valence-electron chi connectivity index (χ2n) is 7.82. The maximum Gasteiger partial charge on any atom is 0.310 e. The maximum absolute atomic E-state index is 12.4. The molecule has 0 aliphatic carbocycles. The van der Waals surface area contributed by atoms with Gasteiger partial charge in [-0.05, 0) is 43.5 Å². The number of pyridine rings is 1. The molecular formula is C25H24N4O2S. The predicted octanol–water partition coefficient (Wildman–Crippen LogP) is 5.20. The Labute approximate surface area is 190 Å². The number of nitrogens with zero attached hydrogens (tertiary/aromatic N) is 4. The number of anilines is 1. The average molecular weight is 445 g/mol. The highest BCUT2D eigenvalue weighted by Gasteiger charge is 2.29. The van der Waals surface area contributed by atoms with E-state index in [0.29, 0.717) is 19.0 Å². The molecule has 4 heterocycles. The number of thiophene rings is 1. The maximum atomic E-state index is 12.4. The molecule has 3 aromatic heterocycles. The Kier molecular flexibility index (Phi) is 5.81. The summed E-state index contributed by atoms with van der Waals surface area (Å²) in [5, 5.41) is 1.01. The van der Waals surface area contributed by atoms with Gasteiger partial charge in [-0.3, -0.25) is 9.78 Å². The monoisotopic (exact) mass is 444 g/mol. The number of ether oxygens (including phenoxy) is 1. The summed E-state index contributed by atoms with van der Waals surface area (Å²) in [5.41, 5.74) is 1.90. The molecular weight excluding hydrogens is 420 g/mol. The molecule has 1 aromatic carbocycles. The quantitative estimate of drug-likeness (QED) is 0.394. The van der Waals surface area contributed by atoms with Crippen LogP contribution >= 0.6 is 11.3 Å². The summed E-state index contributed by atoms with van der Waals surface area (Å²) in [5.74, 6) is 1.21. The fourth-order valence-electron chi connectivity index (χ4n) is 4.12. The van der Waals surface area contributed by atoms with Crippen LogP contribution in [0.5, 0.6) is 0 Å². The summed E-state index contributed by atoms with van der Waals surface area (Å²) in [4.78, 5) is 31.0. The van der Waals surface area contributed by atoms with E-state index in [1.54, 1.807) is 17.5 Å². The lowest BCUT2D eigenvalue weighted by Crippen LogP contribution is -2.40. The molecule has 32 heavy (non-hydrogen) atoms. The van der Waals surface area contributed by atoms with E-state index in [2.05, 4.69) is 28.1 Å². The molecule has 0 saturated carbocycles. The number of piperidine rings is 1. The molecule has 1 fully saturated rings. The first-order valence-electron chi connectivity index (χ1n) is 10.9. The van der Waals surface area contributed by atoms with E-state index < -0.39 is 0 Å². The van der Waals surface area contributed by atoms with Gasteiger partial charge in [0.1, 0.15) is 16.3 Å². The zero-order valence-corrected chi connectivity index (χ0v) is 18.7. The van der Waals surface area contributed by atoms with Crippen molar-refractivity contribution in [2.24, 2.45) is 5.92 Å². The molecule has 0 bridgehead atoms. The van der Waals surface area contributed by atoms with Crippen LogP contribution in [-0.4, -0.2) is 40.6 Å². The van der Waals surface area contributed by atoms with Crippen molar-refractivity contribution in [3.8, 4) is 22.0 Å². The van der Waals surface area contributed by atoms with E-state index in [1.165, 1.54) is 0 Å². The second kappa shape index (κ2) is 9.04. The van der Waals surface area contributed by atoms with E-state index in [-0.39, 0.29) is 11.9 Å². The highest BCUT2D eigenvalue weighted by atomic mass is 32.1. The van der Waals surface area contributed by atoms with Gasteiger partial charge in [0.05, 0.1) is 17.9 Å². The summed E-state index contributed by atoms with van der Waals surface area (Å²) < 4.78 is 5.30. The van der Waals surface area contributed by atoms with Crippen molar-refractivity contribution >= 4 is 33.3 Å². The van der Waals surface area contributed by atoms with Crippen LogP contribution < -0.4 is 4.90 Å². The van der Waals surface area contributed by atoms with E-state index in [1.807, 2.05) is 43.3 Å². The van der Waals surface area contributed by atoms with Gasteiger partial charge in [-0.15, -0.1) is 11.3 Å². The Morgan fingerprint density at radius 1 is 1.16 bits per heavy atom. The zero-order valence-electron chi connectivity index (χ0n) is 17.9. The lowest BCUT2D eigenvalue weighted by molar-refractivity contribution is -0.148. The van der Waals surface area contributed by atoms with Crippen LogP contribution in [0.25, 0.3) is 32.2 Å². The number of hydrogen-bond donors (Lipinski definition) is 0. The van der Waals surface area contributed by atoms with Gasteiger partial charge in [0.2, 0.25) is 0 Å². The Balaban J connectivity index is 1.61. The molecule has 162 valence electrons. The van der Waals surface area contributed by atoms with Crippen LogP contribution in [0, 0.1) is 5.92 Å². The SMILES string of the molecule is CCOC(=O)C1CCCN(c2nc(-c3ccccn3)nc3sc(-c4ccccc4)cc23)C1. The van der Waals surface area contributed by atoms with E-state index >= 15 is 0 Å². The van der Waals surface area contributed by atoms with Gasteiger partial charge in [-0.25, -0.2) is 9.97 Å². The summed E-state index contributed by atoms with van der Waals surface area (Å²) in [7, 11) is 0. The number of carbonyl (C=O) groups excluding carboxylic acids is 1. The van der Waals surface area contributed by atoms with Crippen LogP contribution in [0.3, 0.4) is 0 Å². The molecule has 1 aliphatic rings. The topological polar surface area (TPSA) is 68.2 Å². The summed E-state index contributed by atoms with van der Waals surface area (Å²) >= 11 is 1.66. The van der Waals surface area contributed by atoms with Gasteiger partial charge in [0.15, 0.2) is 5.82 Å². The van der Waals surface area contributed by atoms with Crippen molar-refractivity contribution < 1.29 is 9.53 Å². The number of benzene rings is 1. The smallest absolute Gasteiger partial charge is 0.310 e. The fraction of sp³-hybridized carbons (Fsp3) is 0.280. The summed E-state index contributed by atoms with van der Waals surface area (Å²) in [6, 6.07) is 18.2. The largest absolute Gasteiger partial charge is 0.466 e. The van der Waals surface area contributed by atoms with Gasteiger partial charge in [0, 0.05) is 24.2 Å². The number of esters is 1. The Morgan fingerprint density at radius 3 is 2.78 bits per heavy atom. The summed E-state index contributed by atoms with van der Waals surface area (Å²) in [6.07, 6.45) is 3.52. The first kappa shape index (κ1) is 20.6. The molecule has 1 saturated heterocycles. The first-order valence-corrected chi connectivity index (χ1v) is 11.7. The third kappa shape index (κ3) is 4.08. The molecule has 5 rings (SSSR count). The van der Waals surface area contributed by atoms with Crippen LogP contribution in [0.2, 0.25) is 0 Å². The summed E-state index contributed by atoms with van der Waals surface area (Å²) in [6.45, 7) is 3.70. The van der Waals surface area contributed by atoms with Gasteiger partial charge in [0.25, 0.3) is 0 Å². The van der Waals surface area contributed by atoms with Crippen molar-refractivity contribution in [2.75, 3.05) is 24.6 Å².